The minimum Gasteiger partial charge on any atom is -0.493 e. The van der Waals surface area contributed by atoms with Gasteiger partial charge in [0.05, 0.1) is 12.7 Å². The van der Waals surface area contributed by atoms with Crippen molar-refractivity contribution in [3.63, 3.8) is 0 Å². The molecule has 110 valence electrons. The molecule has 0 saturated heterocycles. The molecule has 0 fully saturated rings. The van der Waals surface area contributed by atoms with Crippen molar-refractivity contribution < 1.29 is 9.84 Å². The standard InChI is InChI=1S/C16H13Cl3O2/c17-12-3-9-1-2-21-16(9)11(6-12)7-15(20)10-4-13(18)8-14(19)5-10/h3-6,8,15,20H,1-2,7H2. The third-order valence-electron chi connectivity index (χ3n) is 3.51. The number of benzene rings is 2. The number of ether oxygens (including phenoxy) is 1. The van der Waals surface area contributed by atoms with E-state index >= 15 is 0 Å². The zero-order valence-corrected chi connectivity index (χ0v) is 13.3. The minimum atomic E-state index is -0.715. The van der Waals surface area contributed by atoms with E-state index in [0.717, 1.165) is 23.3 Å². The topological polar surface area (TPSA) is 29.5 Å². The molecular weight excluding hydrogens is 331 g/mol. The van der Waals surface area contributed by atoms with Gasteiger partial charge in [0.1, 0.15) is 5.75 Å². The Labute approximate surface area is 138 Å². The second-order valence-electron chi connectivity index (χ2n) is 5.07. The van der Waals surface area contributed by atoms with Crippen LogP contribution < -0.4 is 4.74 Å². The van der Waals surface area contributed by atoms with Gasteiger partial charge in [-0.3, -0.25) is 0 Å². The summed E-state index contributed by atoms with van der Waals surface area (Å²) in [4.78, 5) is 0. The molecule has 1 N–H and O–H groups in total. The zero-order chi connectivity index (χ0) is 15.0. The highest BCUT2D eigenvalue weighted by molar-refractivity contribution is 6.34. The number of hydrogen-bond donors (Lipinski definition) is 1. The van der Waals surface area contributed by atoms with Crippen LogP contribution >= 0.6 is 34.8 Å². The smallest absolute Gasteiger partial charge is 0.126 e. The number of hydrogen-bond acceptors (Lipinski definition) is 2. The summed E-state index contributed by atoms with van der Waals surface area (Å²) in [7, 11) is 0. The summed E-state index contributed by atoms with van der Waals surface area (Å²) in [5.41, 5.74) is 2.67. The Hall–Kier alpha value is -0.930. The van der Waals surface area contributed by atoms with Gasteiger partial charge in [-0.2, -0.15) is 0 Å². The zero-order valence-electron chi connectivity index (χ0n) is 11.1. The Morgan fingerprint density at radius 2 is 1.67 bits per heavy atom. The summed E-state index contributed by atoms with van der Waals surface area (Å²) in [6.07, 6.45) is 0.537. The summed E-state index contributed by atoms with van der Waals surface area (Å²) >= 11 is 18.1. The summed E-state index contributed by atoms with van der Waals surface area (Å²) in [6.45, 7) is 0.655. The van der Waals surface area contributed by atoms with Crippen LogP contribution in [0, 0.1) is 0 Å². The predicted molar refractivity (Wildman–Crippen MR) is 85.8 cm³/mol. The van der Waals surface area contributed by atoms with Gasteiger partial charge in [-0.15, -0.1) is 0 Å². The molecule has 1 unspecified atom stereocenters. The van der Waals surface area contributed by atoms with Crippen LogP contribution in [0.5, 0.6) is 5.75 Å². The highest BCUT2D eigenvalue weighted by Gasteiger charge is 2.20. The maximum Gasteiger partial charge on any atom is 0.126 e. The molecule has 1 aliphatic heterocycles. The first-order chi connectivity index (χ1) is 10.0. The van der Waals surface area contributed by atoms with E-state index in [1.165, 1.54) is 0 Å². The summed E-state index contributed by atoms with van der Waals surface area (Å²) in [5, 5.41) is 12.1. The monoisotopic (exact) mass is 342 g/mol. The lowest BCUT2D eigenvalue weighted by Gasteiger charge is -2.15. The predicted octanol–water partition coefficient (Wildman–Crippen LogP) is 4.86. The molecule has 2 aromatic carbocycles. The molecule has 2 aromatic rings. The number of fused-ring (bicyclic) bond motifs is 1. The fraction of sp³-hybridized carbons (Fsp3) is 0.250. The fourth-order valence-electron chi connectivity index (χ4n) is 2.59. The summed E-state index contributed by atoms with van der Waals surface area (Å²) in [6, 6.07) is 8.81. The Balaban J connectivity index is 1.90. The highest BCUT2D eigenvalue weighted by Crippen LogP contribution is 2.36. The van der Waals surface area contributed by atoms with Crippen molar-refractivity contribution in [2.45, 2.75) is 18.9 Å². The average Bonchev–Trinajstić information content (AvgIpc) is 2.85. The Morgan fingerprint density at radius 1 is 1.00 bits per heavy atom. The molecule has 0 spiro atoms. The lowest BCUT2D eigenvalue weighted by atomic mass is 9.99. The third-order valence-corrected chi connectivity index (χ3v) is 4.16. The van der Waals surface area contributed by atoms with Crippen LogP contribution in [0.1, 0.15) is 22.8 Å². The SMILES string of the molecule is OC(Cc1cc(Cl)cc2c1OCC2)c1cc(Cl)cc(Cl)c1. The first-order valence-electron chi connectivity index (χ1n) is 6.61. The quantitative estimate of drug-likeness (QED) is 0.862. The van der Waals surface area contributed by atoms with Gasteiger partial charge in [-0.1, -0.05) is 34.8 Å². The Morgan fingerprint density at radius 3 is 2.38 bits per heavy atom. The van der Waals surface area contributed by atoms with Crippen LogP contribution in [0.4, 0.5) is 0 Å². The van der Waals surface area contributed by atoms with Gasteiger partial charge < -0.3 is 9.84 Å². The van der Waals surface area contributed by atoms with E-state index in [1.54, 1.807) is 18.2 Å². The van der Waals surface area contributed by atoms with Crippen molar-refractivity contribution in [2.24, 2.45) is 0 Å². The van der Waals surface area contributed by atoms with Crippen molar-refractivity contribution in [3.8, 4) is 5.75 Å². The van der Waals surface area contributed by atoms with Crippen molar-refractivity contribution in [1.29, 1.82) is 0 Å². The maximum atomic E-state index is 10.4. The number of halogens is 3. The van der Waals surface area contributed by atoms with Crippen LogP contribution in [0.3, 0.4) is 0 Å². The molecule has 0 amide bonds. The van der Waals surface area contributed by atoms with E-state index in [9.17, 15) is 5.11 Å². The Kier molecular flexibility index (Phi) is 4.32. The average molecular weight is 344 g/mol. The Bertz CT molecular complexity index is 665. The van der Waals surface area contributed by atoms with E-state index in [2.05, 4.69) is 0 Å². The molecule has 1 atom stereocenters. The number of aliphatic hydroxyl groups is 1. The van der Waals surface area contributed by atoms with Gasteiger partial charge in [-0.25, -0.2) is 0 Å². The molecule has 5 heteroatoms. The second kappa shape index (κ2) is 6.05. The third kappa shape index (κ3) is 3.29. The van der Waals surface area contributed by atoms with Crippen LogP contribution in [0.2, 0.25) is 15.1 Å². The van der Waals surface area contributed by atoms with E-state index in [0.29, 0.717) is 33.7 Å². The largest absolute Gasteiger partial charge is 0.493 e. The van der Waals surface area contributed by atoms with E-state index in [-0.39, 0.29) is 0 Å². The molecule has 0 aromatic heterocycles. The van der Waals surface area contributed by atoms with Crippen LogP contribution in [0.25, 0.3) is 0 Å². The van der Waals surface area contributed by atoms with E-state index < -0.39 is 6.10 Å². The summed E-state index contributed by atoms with van der Waals surface area (Å²) < 4.78 is 5.65. The minimum absolute atomic E-state index is 0.402. The van der Waals surface area contributed by atoms with Gasteiger partial charge in [0, 0.05) is 27.9 Å². The van der Waals surface area contributed by atoms with Gasteiger partial charge >= 0.3 is 0 Å². The van der Waals surface area contributed by atoms with Crippen LogP contribution in [0.15, 0.2) is 30.3 Å². The molecule has 1 aliphatic rings. The molecule has 0 bridgehead atoms. The highest BCUT2D eigenvalue weighted by atomic mass is 35.5. The first kappa shape index (κ1) is 15.0. The molecule has 1 heterocycles. The van der Waals surface area contributed by atoms with E-state index in [1.807, 2.05) is 12.1 Å². The number of rotatable bonds is 3. The van der Waals surface area contributed by atoms with Gasteiger partial charge in [-0.05, 0) is 47.0 Å². The molecule has 0 aliphatic carbocycles. The van der Waals surface area contributed by atoms with Gasteiger partial charge in [0.25, 0.3) is 0 Å². The molecule has 3 rings (SSSR count). The molecule has 21 heavy (non-hydrogen) atoms. The molecule has 2 nitrogen and oxygen atoms in total. The fourth-order valence-corrected chi connectivity index (χ4v) is 3.40. The molecular formula is C16H13Cl3O2. The first-order valence-corrected chi connectivity index (χ1v) is 7.74. The molecule has 0 radical (unpaired) electrons. The van der Waals surface area contributed by atoms with Crippen LogP contribution in [-0.2, 0) is 12.8 Å². The van der Waals surface area contributed by atoms with Gasteiger partial charge in [0.2, 0.25) is 0 Å². The van der Waals surface area contributed by atoms with Crippen LogP contribution in [-0.4, -0.2) is 11.7 Å². The lowest BCUT2D eigenvalue weighted by molar-refractivity contribution is 0.177. The van der Waals surface area contributed by atoms with Crippen molar-refractivity contribution >= 4 is 34.8 Å². The van der Waals surface area contributed by atoms with E-state index in [4.69, 9.17) is 39.5 Å². The number of aliphatic hydroxyl groups excluding tert-OH is 1. The maximum absolute atomic E-state index is 10.4. The normalized spacial score (nSPS) is 14.7. The summed E-state index contributed by atoms with van der Waals surface area (Å²) in [5.74, 6) is 0.839. The van der Waals surface area contributed by atoms with Crippen molar-refractivity contribution in [3.05, 3.63) is 62.1 Å². The molecule has 0 saturated carbocycles. The van der Waals surface area contributed by atoms with Crippen molar-refractivity contribution in [2.75, 3.05) is 6.61 Å². The lowest BCUT2D eigenvalue weighted by Crippen LogP contribution is -2.03. The van der Waals surface area contributed by atoms with Crippen molar-refractivity contribution in [1.82, 2.24) is 0 Å². The van der Waals surface area contributed by atoms with Gasteiger partial charge in [0.15, 0.2) is 0 Å². The second-order valence-corrected chi connectivity index (χ2v) is 6.38.